The van der Waals surface area contributed by atoms with Gasteiger partial charge in [0, 0.05) is 26.2 Å². The maximum atomic E-state index is 13.3. The number of aromatic nitrogens is 4. The largest absolute Gasteiger partial charge is 0.479 e. The molecular weight excluding hydrogens is 406 g/mol. The van der Waals surface area contributed by atoms with Crippen molar-refractivity contribution in [3.05, 3.63) is 60.2 Å². The van der Waals surface area contributed by atoms with Gasteiger partial charge in [-0.2, -0.15) is 9.94 Å². The van der Waals surface area contributed by atoms with Crippen molar-refractivity contribution in [1.29, 1.82) is 5.26 Å². The van der Waals surface area contributed by atoms with Crippen LogP contribution in [0.15, 0.2) is 54.6 Å². The van der Waals surface area contributed by atoms with Crippen molar-refractivity contribution >= 4 is 11.9 Å². The summed E-state index contributed by atoms with van der Waals surface area (Å²) in [5.74, 6) is 0.971. The summed E-state index contributed by atoms with van der Waals surface area (Å²) in [6.45, 7) is 6.18. The summed E-state index contributed by atoms with van der Waals surface area (Å²) < 4.78 is 7.73. The van der Waals surface area contributed by atoms with Crippen molar-refractivity contribution in [2.75, 3.05) is 31.1 Å². The van der Waals surface area contributed by atoms with E-state index in [0.29, 0.717) is 43.4 Å². The Morgan fingerprint density at radius 1 is 1.03 bits per heavy atom. The molecule has 0 aliphatic carbocycles. The third-order valence-corrected chi connectivity index (χ3v) is 5.44. The minimum atomic E-state index is -0.661. The molecule has 2 heterocycles. The lowest BCUT2D eigenvalue weighted by Crippen LogP contribution is -2.54. The second-order valence-electron chi connectivity index (χ2n) is 7.93. The molecular formula is C23H25N7O2. The van der Waals surface area contributed by atoms with Gasteiger partial charge in [0.2, 0.25) is 5.95 Å². The number of nitrogens with zero attached hydrogens (tertiary/aromatic N) is 7. The molecule has 2 aromatic carbocycles. The first-order chi connectivity index (χ1) is 15.6. The van der Waals surface area contributed by atoms with E-state index in [-0.39, 0.29) is 11.8 Å². The Bertz CT molecular complexity index is 1100. The molecule has 0 bridgehead atoms. The first-order valence-electron chi connectivity index (χ1n) is 10.6. The van der Waals surface area contributed by atoms with E-state index in [2.05, 4.69) is 26.5 Å². The third-order valence-electron chi connectivity index (χ3n) is 5.44. The van der Waals surface area contributed by atoms with Crippen molar-refractivity contribution in [1.82, 2.24) is 25.1 Å². The molecule has 0 saturated carbocycles. The fourth-order valence-corrected chi connectivity index (χ4v) is 3.69. The summed E-state index contributed by atoms with van der Waals surface area (Å²) in [5.41, 5.74) is 1.30. The van der Waals surface area contributed by atoms with Gasteiger partial charge in [0.05, 0.1) is 11.3 Å². The fraction of sp³-hybridized carbons (Fsp3) is 0.348. The highest BCUT2D eigenvalue weighted by molar-refractivity contribution is 5.82. The molecule has 4 rings (SSSR count). The minimum Gasteiger partial charge on any atom is -0.479 e. The van der Waals surface area contributed by atoms with E-state index in [9.17, 15) is 10.1 Å². The fourth-order valence-electron chi connectivity index (χ4n) is 3.69. The van der Waals surface area contributed by atoms with Crippen molar-refractivity contribution in [2.45, 2.75) is 20.0 Å². The molecule has 9 nitrogen and oxygen atoms in total. The smallest absolute Gasteiger partial charge is 0.264 e. The van der Waals surface area contributed by atoms with E-state index in [1.165, 1.54) is 0 Å². The molecule has 32 heavy (non-hydrogen) atoms. The van der Waals surface area contributed by atoms with Gasteiger partial charge in [-0.1, -0.05) is 49.3 Å². The number of tetrazole rings is 1. The van der Waals surface area contributed by atoms with Crippen LogP contribution in [0.2, 0.25) is 0 Å². The number of rotatable bonds is 6. The Morgan fingerprint density at radius 3 is 2.41 bits per heavy atom. The number of piperazine rings is 1. The molecule has 1 amide bonds. The van der Waals surface area contributed by atoms with Crippen LogP contribution in [0.4, 0.5) is 5.95 Å². The van der Waals surface area contributed by atoms with Crippen LogP contribution in [0.1, 0.15) is 19.4 Å². The number of ether oxygens (including phenoxy) is 1. The van der Waals surface area contributed by atoms with Gasteiger partial charge in [0.15, 0.2) is 6.10 Å². The van der Waals surface area contributed by atoms with E-state index in [0.717, 1.165) is 5.69 Å². The Labute approximate surface area is 186 Å². The summed E-state index contributed by atoms with van der Waals surface area (Å²) in [5, 5.41) is 21.5. The number of anilines is 1. The highest BCUT2D eigenvalue weighted by Gasteiger charge is 2.32. The highest BCUT2D eigenvalue weighted by atomic mass is 16.5. The van der Waals surface area contributed by atoms with Crippen LogP contribution in [-0.2, 0) is 4.79 Å². The van der Waals surface area contributed by atoms with E-state index < -0.39 is 6.10 Å². The lowest BCUT2D eigenvalue weighted by atomic mass is 10.0. The first-order valence-corrected chi connectivity index (χ1v) is 10.6. The number of hydrogen-bond donors (Lipinski definition) is 0. The normalized spacial score (nSPS) is 14.8. The summed E-state index contributed by atoms with van der Waals surface area (Å²) in [6, 6.07) is 18.8. The number of amides is 1. The summed E-state index contributed by atoms with van der Waals surface area (Å²) >= 11 is 0. The summed E-state index contributed by atoms with van der Waals surface area (Å²) in [7, 11) is 0. The van der Waals surface area contributed by atoms with Gasteiger partial charge in [0.25, 0.3) is 5.91 Å². The van der Waals surface area contributed by atoms with Gasteiger partial charge in [-0.25, -0.2) is 0 Å². The van der Waals surface area contributed by atoms with Crippen LogP contribution in [-0.4, -0.2) is 63.3 Å². The number of hydrogen-bond acceptors (Lipinski definition) is 7. The van der Waals surface area contributed by atoms with Crippen LogP contribution < -0.4 is 9.64 Å². The predicted molar refractivity (Wildman–Crippen MR) is 118 cm³/mol. The van der Waals surface area contributed by atoms with Gasteiger partial charge in [-0.05, 0) is 40.6 Å². The van der Waals surface area contributed by atoms with Crippen molar-refractivity contribution in [3.63, 3.8) is 0 Å². The minimum absolute atomic E-state index is 0.0438. The lowest BCUT2D eigenvalue weighted by Gasteiger charge is -2.37. The van der Waals surface area contributed by atoms with E-state index in [1.807, 2.05) is 49.1 Å². The van der Waals surface area contributed by atoms with Gasteiger partial charge in [0.1, 0.15) is 11.8 Å². The van der Waals surface area contributed by atoms with Crippen LogP contribution in [0.3, 0.4) is 0 Å². The maximum Gasteiger partial charge on any atom is 0.264 e. The second kappa shape index (κ2) is 9.47. The average Bonchev–Trinajstić information content (AvgIpc) is 3.33. The molecule has 1 aliphatic heterocycles. The summed E-state index contributed by atoms with van der Waals surface area (Å²) in [6.07, 6.45) is -0.661. The standard InChI is InChI=1S/C23H25N7O2/c1-17(2)21(32-20-11-7-6-8-18(20)16-24)22(31)28-12-14-29(15-13-28)23-25-26-27-30(23)19-9-4-3-5-10-19/h3-11,17,21H,12-15H2,1-2H3. The van der Waals surface area contributed by atoms with Crippen molar-refractivity contribution in [3.8, 4) is 17.5 Å². The third kappa shape index (κ3) is 4.39. The molecule has 0 spiro atoms. The second-order valence-corrected chi connectivity index (χ2v) is 7.93. The SMILES string of the molecule is CC(C)C(Oc1ccccc1C#N)C(=O)N1CCN(c2nnnn2-c2ccccc2)CC1. The monoisotopic (exact) mass is 431 g/mol. The number of carbonyl (C=O) groups is 1. The average molecular weight is 432 g/mol. The molecule has 1 fully saturated rings. The predicted octanol–water partition coefficient (Wildman–Crippen LogP) is 2.29. The Morgan fingerprint density at radius 2 is 1.72 bits per heavy atom. The molecule has 3 aromatic rings. The number of para-hydroxylation sites is 2. The van der Waals surface area contributed by atoms with Crippen LogP contribution >= 0.6 is 0 Å². The van der Waals surface area contributed by atoms with Gasteiger partial charge < -0.3 is 14.5 Å². The Kier molecular flexibility index (Phi) is 6.31. The zero-order valence-corrected chi connectivity index (χ0v) is 18.1. The lowest BCUT2D eigenvalue weighted by molar-refractivity contribution is -0.141. The van der Waals surface area contributed by atoms with Gasteiger partial charge in [-0.15, -0.1) is 0 Å². The van der Waals surface area contributed by atoms with Crippen LogP contribution in [0, 0.1) is 17.2 Å². The molecule has 164 valence electrons. The zero-order valence-electron chi connectivity index (χ0n) is 18.1. The molecule has 9 heteroatoms. The molecule has 1 aliphatic rings. The van der Waals surface area contributed by atoms with E-state index in [1.54, 1.807) is 28.9 Å². The molecule has 0 radical (unpaired) electrons. The van der Waals surface area contributed by atoms with Gasteiger partial charge >= 0.3 is 0 Å². The van der Waals surface area contributed by atoms with Crippen molar-refractivity contribution in [2.24, 2.45) is 5.92 Å². The molecule has 1 aromatic heterocycles. The first kappa shape index (κ1) is 21.3. The molecule has 1 atom stereocenters. The Hall–Kier alpha value is -3.93. The zero-order chi connectivity index (χ0) is 22.5. The van der Waals surface area contributed by atoms with E-state index in [4.69, 9.17) is 4.74 Å². The maximum absolute atomic E-state index is 13.3. The van der Waals surface area contributed by atoms with Gasteiger partial charge in [-0.3, -0.25) is 4.79 Å². The summed E-state index contributed by atoms with van der Waals surface area (Å²) in [4.78, 5) is 17.2. The Balaban J connectivity index is 1.44. The number of carbonyl (C=O) groups excluding carboxylic acids is 1. The topological polar surface area (TPSA) is 100 Å². The van der Waals surface area contributed by atoms with Crippen LogP contribution in [0.5, 0.6) is 5.75 Å². The van der Waals surface area contributed by atoms with Crippen molar-refractivity contribution < 1.29 is 9.53 Å². The molecule has 1 unspecified atom stereocenters. The van der Waals surface area contributed by atoms with Crippen LogP contribution in [0.25, 0.3) is 5.69 Å². The van der Waals surface area contributed by atoms with E-state index >= 15 is 0 Å². The molecule has 1 saturated heterocycles. The highest BCUT2D eigenvalue weighted by Crippen LogP contribution is 2.23. The number of nitriles is 1. The quantitative estimate of drug-likeness (QED) is 0.590. The molecule has 0 N–H and O–H groups in total. The number of benzene rings is 2.